The van der Waals surface area contributed by atoms with Crippen LogP contribution in [0.4, 0.5) is 0 Å². The van der Waals surface area contributed by atoms with Gasteiger partial charge in [0.05, 0.1) is 26.4 Å². The maximum absolute atomic E-state index is 14.3. The van der Waals surface area contributed by atoms with Gasteiger partial charge in [0.15, 0.2) is 0 Å². The molecule has 0 atom stereocenters. The van der Waals surface area contributed by atoms with Crippen LogP contribution in [0.3, 0.4) is 0 Å². The van der Waals surface area contributed by atoms with Crippen LogP contribution in [-0.4, -0.2) is 86.2 Å². The molecule has 0 aliphatic rings. The SMILES string of the molecule is CCCCCCCCCCCCOc1ccc(C(=O)Oc2ccc(-c3ccc(OCc4ccc(C(=O)N(CCCCCCCC)CCCCCCCC)cc4)cc3)cc2)c(OCCCOc2cc(OCCCCCCCCCCCC)ccc2C(=O)Oc2ccc(-c3ccc(OCc4ccc(C(=O)N(CCCCCCCC)CCCCCCCC)cc4)cc3)cc2)c1. The van der Waals surface area contributed by atoms with Crippen molar-refractivity contribution in [3.8, 4) is 68.2 Å². The second-order valence-electron chi connectivity index (χ2n) is 34.9. The molecular weight excluding hydrogens is 1580 g/mol. The molecule has 0 saturated heterocycles. The fourth-order valence-corrected chi connectivity index (χ4v) is 16.1. The van der Waals surface area contributed by atoms with E-state index in [9.17, 15) is 19.2 Å². The zero-order valence-corrected chi connectivity index (χ0v) is 79.0. The largest absolute Gasteiger partial charge is 0.493 e. The Hall–Kier alpha value is -9.56. The van der Waals surface area contributed by atoms with E-state index in [2.05, 4.69) is 51.3 Å². The van der Waals surface area contributed by atoms with Crippen LogP contribution in [0.15, 0.2) is 182 Å². The van der Waals surface area contributed by atoms with Crippen molar-refractivity contribution in [1.82, 2.24) is 9.80 Å². The van der Waals surface area contributed by atoms with Gasteiger partial charge in [-0.25, -0.2) is 9.59 Å². The molecule has 127 heavy (non-hydrogen) atoms. The molecule has 14 heteroatoms. The number of rotatable bonds is 72. The maximum atomic E-state index is 14.3. The van der Waals surface area contributed by atoms with Gasteiger partial charge in [0, 0.05) is 55.9 Å². The van der Waals surface area contributed by atoms with Crippen molar-refractivity contribution in [1.29, 1.82) is 0 Å². The number of unbranched alkanes of at least 4 members (excludes halogenated alkanes) is 38. The lowest BCUT2D eigenvalue weighted by Crippen LogP contribution is -2.33. The molecule has 0 fully saturated rings. The summed E-state index contributed by atoms with van der Waals surface area (Å²) in [4.78, 5) is 60.5. The summed E-state index contributed by atoms with van der Waals surface area (Å²) in [7, 11) is 0. The number of esters is 2. The van der Waals surface area contributed by atoms with Crippen LogP contribution in [0.2, 0.25) is 0 Å². The maximum Gasteiger partial charge on any atom is 0.347 e. The summed E-state index contributed by atoms with van der Waals surface area (Å²) in [6, 6.07) is 57.1. The first-order valence-corrected chi connectivity index (χ1v) is 50.2. The Morgan fingerprint density at radius 3 is 0.732 bits per heavy atom. The van der Waals surface area contributed by atoms with E-state index in [1.807, 2.05) is 121 Å². The standard InChI is InChI=1S/C113H158N2O12/c1-7-13-19-25-31-33-35-37-43-49-84-120-104-76-78-106(112(118)126-102-72-64-96(65-73-102)94-60-68-100(69-61-94)124-90-92-52-56-98(57-53-92)110(116)114(80-45-39-27-21-15-9-3)81-46-40-28-22-16-10-4)108(88-104)122-86-51-87-123-109-89-105(121-85-50-44-38-36-34-32-26-20-14-8-2)77-79-107(109)113(119)127-103-74-66-97(67-75-103)95-62-70-101(71-63-95)125-91-93-54-58-99(59-55-93)111(117)115(82-47-41-29-23-17-11-5)83-48-42-30-24-18-12-6/h52-79,88-89H,7-51,80-87,90-91H2,1-6H3. The van der Waals surface area contributed by atoms with E-state index >= 15 is 0 Å². The van der Waals surface area contributed by atoms with Crippen LogP contribution in [0.25, 0.3) is 22.3 Å². The van der Waals surface area contributed by atoms with E-state index < -0.39 is 11.9 Å². The Kier molecular flexibility index (Phi) is 52.0. The van der Waals surface area contributed by atoms with E-state index in [-0.39, 0.29) is 36.2 Å². The molecule has 14 nitrogen and oxygen atoms in total. The van der Waals surface area contributed by atoms with Gasteiger partial charge in [-0.3, -0.25) is 9.59 Å². The van der Waals surface area contributed by atoms with Crippen molar-refractivity contribution >= 4 is 23.8 Å². The Morgan fingerprint density at radius 2 is 0.457 bits per heavy atom. The van der Waals surface area contributed by atoms with Crippen molar-refractivity contribution in [2.45, 2.75) is 344 Å². The summed E-state index contributed by atoms with van der Waals surface area (Å²) in [6.45, 7) is 18.9. The van der Waals surface area contributed by atoms with Crippen LogP contribution in [0.1, 0.15) is 383 Å². The number of ether oxygens (including phenoxy) is 8. The van der Waals surface area contributed by atoms with Crippen LogP contribution in [0, 0.1) is 0 Å². The fourth-order valence-electron chi connectivity index (χ4n) is 16.1. The minimum Gasteiger partial charge on any atom is -0.493 e. The summed E-state index contributed by atoms with van der Waals surface area (Å²) in [5, 5.41) is 0. The molecule has 0 aliphatic heterocycles. The molecule has 0 bridgehead atoms. The van der Waals surface area contributed by atoms with Gasteiger partial charge in [0.1, 0.15) is 70.3 Å². The van der Waals surface area contributed by atoms with Crippen LogP contribution in [0.5, 0.6) is 46.0 Å². The summed E-state index contributed by atoms with van der Waals surface area (Å²) in [5.74, 6) is 3.13. The molecule has 0 heterocycles. The third kappa shape index (κ3) is 41.2. The minimum absolute atomic E-state index is 0.116. The van der Waals surface area contributed by atoms with Gasteiger partial charge in [-0.15, -0.1) is 0 Å². The van der Waals surface area contributed by atoms with E-state index in [0.717, 1.165) is 159 Å². The number of carbonyl (C=O) groups is 4. The third-order valence-electron chi connectivity index (χ3n) is 24.1. The number of carbonyl (C=O) groups excluding carboxylic acids is 4. The lowest BCUT2D eigenvalue weighted by atomic mass is 10.1. The zero-order valence-electron chi connectivity index (χ0n) is 79.0. The highest BCUT2D eigenvalue weighted by Crippen LogP contribution is 2.34. The van der Waals surface area contributed by atoms with Gasteiger partial charge in [-0.1, -0.05) is 358 Å². The van der Waals surface area contributed by atoms with Crippen molar-refractivity contribution in [2.75, 3.05) is 52.6 Å². The van der Waals surface area contributed by atoms with Crippen LogP contribution < -0.4 is 37.9 Å². The van der Waals surface area contributed by atoms with E-state index in [1.165, 1.54) is 205 Å². The molecule has 0 saturated carbocycles. The van der Waals surface area contributed by atoms with Gasteiger partial charge < -0.3 is 47.7 Å². The quantitative estimate of drug-likeness (QED) is 0.0203. The van der Waals surface area contributed by atoms with Crippen molar-refractivity contribution in [3.05, 3.63) is 215 Å². The van der Waals surface area contributed by atoms with E-state index in [0.29, 0.717) is 67.3 Å². The topological polar surface area (TPSA) is 149 Å². The van der Waals surface area contributed by atoms with E-state index in [4.69, 9.17) is 37.9 Å². The molecule has 8 aromatic rings. The average Bonchev–Trinajstić information content (AvgIpc) is 0.830. The molecule has 0 aromatic heterocycles. The predicted molar refractivity (Wildman–Crippen MR) is 524 cm³/mol. The highest BCUT2D eigenvalue weighted by Gasteiger charge is 2.23. The smallest absolute Gasteiger partial charge is 0.347 e. The highest BCUT2D eigenvalue weighted by atomic mass is 16.5. The van der Waals surface area contributed by atoms with Crippen molar-refractivity contribution < 1.29 is 57.1 Å². The normalized spacial score (nSPS) is 11.2. The third-order valence-corrected chi connectivity index (χ3v) is 24.1. The Labute approximate surface area is 766 Å². The fraction of sp³-hybridized carbons (Fsp3) is 0.540. The monoisotopic (exact) mass is 1740 g/mol. The predicted octanol–water partition coefficient (Wildman–Crippen LogP) is 31.4. The molecule has 8 aromatic carbocycles. The minimum atomic E-state index is -0.576. The number of benzene rings is 8. The second kappa shape index (κ2) is 64.2. The van der Waals surface area contributed by atoms with Gasteiger partial charge >= 0.3 is 11.9 Å². The van der Waals surface area contributed by atoms with Crippen LogP contribution >= 0.6 is 0 Å². The number of hydrogen-bond donors (Lipinski definition) is 0. The average molecular weight is 1740 g/mol. The molecule has 692 valence electrons. The van der Waals surface area contributed by atoms with E-state index in [1.54, 1.807) is 60.7 Å². The molecule has 2 amide bonds. The first-order chi connectivity index (χ1) is 62.5. The Morgan fingerprint density at radius 1 is 0.220 bits per heavy atom. The molecule has 0 unspecified atom stereocenters. The zero-order chi connectivity index (χ0) is 89.6. The van der Waals surface area contributed by atoms with Crippen molar-refractivity contribution in [2.24, 2.45) is 0 Å². The summed E-state index contributed by atoms with van der Waals surface area (Å²) in [5.41, 5.74) is 7.75. The molecule has 0 radical (unpaired) electrons. The summed E-state index contributed by atoms with van der Waals surface area (Å²) < 4.78 is 50.2. The molecular formula is C113H158N2O12. The van der Waals surface area contributed by atoms with Gasteiger partial charge in [-0.05, 0) is 169 Å². The highest BCUT2D eigenvalue weighted by molar-refractivity contribution is 5.96. The summed E-state index contributed by atoms with van der Waals surface area (Å²) in [6.07, 6.45) is 53.6. The van der Waals surface area contributed by atoms with Crippen molar-refractivity contribution in [3.63, 3.8) is 0 Å². The number of amides is 2. The molecule has 0 aliphatic carbocycles. The summed E-state index contributed by atoms with van der Waals surface area (Å²) >= 11 is 0. The lowest BCUT2D eigenvalue weighted by molar-refractivity contribution is 0.0721. The Bertz CT molecular complexity index is 3930. The molecule has 0 N–H and O–H groups in total. The van der Waals surface area contributed by atoms with Gasteiger partial charge in [0.2, 0.25) is 0 Å². The second-order valence-corrected chi connectivity index (χ2v) is 34.9. The first-order valence-electron chi connectivity index (χ1n) is 50.2. The van der Waals surface area contributed by atoms with Gasteiger partial charge in [-0.2, -0.15) is 0 Å². The van der Waals surface area contributed by atoms with Crippen LogP contribution in [-0.2, 0) is 13.2 Å². The van der Waals surface area contributed by atoms with Gasteiger partial charge in [0.25, 0.3) is 11.8 Å². The lowest BCUT2D eigenvalue weighted by Gasteiger charge is -2.23. The first kappa shape index (κ1) is 103. The number of nitrogens with zero attached hydrogens (tertiary/aromatic N) is 2. The molecule has 0 spiro atoms. The molecule has 8 rings (SSSR count). The Balaban J connectivity index is 0.865. The number of hydrogen-bond acceptors (Lipinski definition) is 12.